The van der Waals surface area contributed by atoms with E-state index in [-0.39, 0.29) is 24.0 Å². The van der Waals surface area contributed by atoms with E-state index < -0.39 is 0 Å². The monoisotopic (exact) mass is 467 g/mol. The number of aryl methyl sites for hydroxylation is 2. The Kier molecular flexibility index (Phi) is 10.7. The number of pyridine rings is 1. The molecule has 0 atom stereocenters. The van der Waals surface area contributed by atoms with Gasteiger partial charge in [0, 0.05) is 32.9 Å². The predicted molar refractivity (Wildman–Crippen MR) is 121 cm³/mol. The third-order valence-corrected chi connectivity index (χ3v) is 4.03. The first-order chi connectivity index (χ1) is 12.2. The van der Waals surface area contributed by atoms with Crippen LogP contribution in [0, 0.1) is 13.8 Å². The molecule has 1 heterocycles. The molecule has 5 nitrogen and oxygen atoms in total. The first-order valence-electron chi connectivity index (χ1n) is 8.84. The highest BCUT2D eigenvalue weighted by Crippen LogP contribution is 2.09. The molecule has 26 heavy (non-hydrogen) atoms. The summed E-state index contributed by atoms with van der Waals surface area (Å²) >= 11 is 0. The highest BCUT2D eigenvalue weighted by Gasteiger charge is 2.01. The summed E-state index contributed by atoms with van der Waals surface area (Å²) in [5.74, 6) is 1.78. The zero-order valence-electron chi connectivity index (χ0n) is 15.9. The van der Waals surface area contributed by atoms with Crippen LogP contribution in [0.1, 0.15) is 29.5 Å². The second-order valence-corrected chi connectivity index (χ2v) is 6.13. The molecule has 0 spiro atoms. The molecule has 6 heteroatoms. The number of nitrogens with zero attached hydrogens (tertiary/aromatic N) is 2. The summed E-state index contributed by atoms with van der Waals surface area (Å²) in [5.41, 5.74) is 3.90. The van der Waals surface area contributed by atoms with Gasteiger partial charge in [0.25, 0.3) is 0 Å². The Bertz CT molecular complexity index is 673. The minimum absolute atomic E-state index is 0. The van der Waals surface area contributed by atoms with E-state index in [0.29, 0.717) is 0 Å². The molecule has 142 valence electrons. The minimum atomic E-state index is 0. The van der Waals surface area contributed by atoms with Gasteiger partial charge in [0.1, 0.15) is 5.82 Å². The van der Waals surface area contributed by atoms with Crippen LogP contribution in [0.15, 0.2) is 47.6 Å². The summed E-state index contributed by atoms with van der Waals surface area (Å²) in [6.07, 6.45) is 3.96. The molecule has 0 bridgehead atoms. The van der Waals surface area contributed by atoms with Crippen molar-refractivity contribution in [1.82, 2.24) is 15.6 Å². The van der Waals surface area contributed by atoms with Crippen molar-refractivity contribution in [3.63, 3.8) is 0 Å². The Morgan fingerprint density at radius 3 is 2.54 bits per heavy atom. The lowest BCUT2D eigenvalue weighted by Gasteiger charge is -2.13. The number of aromatic nitrogens is 1. The molecule has 0 saturated heterocycles. The Morgan fingerprint density at radius 2 is 1.85 bits per heavy atom. The molecule has 0 aliphatic rings. The SMILES string of the molecule is CN=C(NCCCCNc1ccccn1)NCc1ccc(C)cc1C.I. The molecule has 1 aromatic carbocycles. The predicted octanol–water partition coefficient (Wildman–Crippen LogP) is 3.87. The summed E-state index contributed by atoms with van der Waals surface area (Å²) < 4.78 is 0. The molecule has 2 aromatic rings. The number of unbranched alkanes of at least 4 members (excludes halogenated alkanes) is 1. The number of guanidine groups is 1. The molecule has 0 aliphatic heterocycles. The number of rotatable bonds is 8. The van der Waals surface area contributed by atoms with E-state index in [1.165, 1.54) is 16.7 Å². The average molecular weight is 467 g/mol. The summed E-state index contributed by atoms with van der Waals surface area (Å²) in [6.45, 7) is 6.87. The van der Waals surface area contributed by atoms with Gasteiger partial charge >= 0.3 is 0 Å². The number of aliphatic imine (C=N–C) groups is 1. The van der Waals surface area contributed by atoms with Crippen molar-refractivity contribution >= 4 is 35.8 Å². The fourth-order valence-corrected chi connectivity index (χ4v) is 2.58. The molecule has 0 amide bonds. The van der Waals surface area contributed by atoms with Gasteiger partial charge in [0.2, 0.25) is 0 Å². The number of hydrogen-bond donors (Lipinski definition) is 3. The van der Waals surface area contributed by atoms with Gasteiger partial charge in [-0.15, -0.1) is 24.0 Å². The number of halogens is 1. The number of hydrogen-bond acceptors (Lipinski definition) is 3. The standard InChI is InChI=1S/C20H29N5.HI/c1-16-9-10-18(17(2)14-16)15-25-20(21-3)24-13-7-6-12-23-19-8-4-5-11-22-19;/h4-5,8-11,14H,6-7,12-13,15H2,1-3H3,(H,22,23)(H2,21,24,25);1H. The lowest BCUT2D eigenvalue weighted by molar-refractivity contribution is 0.711. The number of nitrogens with one attached hydrogen (secondary N) is 3. The van der Waals surface area contributed by atoms with Crippen LogP contribution in [-0.4, -0.2) is 31.1 Å². The van der Waals surface area contributed by atoms with Crippen molar-refractivity contribution in [3.05, 3.63) is 59.3 Å². The van der Waals surface area contributed by atoms with Crippen molar-refractivity contribution in [2.24, 2.45) is 4.99 Å². The van der Waals surface area contributed by atoms with Gasteiger partial charge in [0.15, 0.2) is 5.96 Å². The maximum Gasteiger partial charge on any atom is 0.191 e. The zero-order chi connectivity index (χ0) is 17.9. The maximum atomic E-state index is 4.28. The largest absolute Gasteiger partial charge is 0.370 e. The molecule has 0 aliphatic carbocycles. The van der Waals surface area contributed by atoms with Crippen LogP contribution < -0.4 is 16.0 Å². The molecular weight excluding hydrogens is 437 g/mol. The van der Waals surface area contributed by atoms with E-state index in [2.05, 4.69) is 58.0 Å². The summed E-state index contributed by atoms with van der Waals surface area (Å²) in [5, 5.41) is 10.1. The van der Waals surface area contributed by atoms with Crippen LogP contribution in [0.4, 0.5) is 5.82 Å². The molecule has 1 aromatic heterocycles. The van der Waals surface area contributed by atoms with Gasteiger partial charge in [-0.2, -0.15) is 0 Å². The second kappa shape index (κ2) is 12.5. The molecule has 0 unspecified atom stereocenters. The van der Waals surface area contributed by atoms with E-state index in [9.17, 15) is 0 Å². The maximum absolute atomic E-state index is 4.28. The van der Waals surface area contributed by atoms with E-state index in [4.69, 9.17) is 0 Å². The van der Waals surface area contributed by atoms with Gasteiger partial charge in [-0.1, -0.05) is 29.8 Å². The summed E-state index contributed by atoms with van der Waals surface area (Å²) in [6, 6.07) is 12.4. The highest BCUT2D eigenvalue weighted by molar-refractivity contribution is 14.0. The summed E-state index contributed by atoms with van der Waals surface area (Å²) in [4.78, 5) is 8.53. The summed E-state index contributed by atoms with van der Waals surface area (Å²) in [7, 11) is 1.81. The van der Waals surface area contributed by atoms with E-state index in [1.54, 1.807) is 13.2 Å². The first kappa shape index (κ1) is 22.2. The Hall–Kier alpha value is -1.83. The van der Waals surface area contributed by atoms with E-state index in [1.807, 2.05) is 18.2 Å². The Balaban J connectivity index is 0.00000338. The molecular formula is C20H30IN5. The van der Waals surface area contributed by atoms with Crippen LogP contribution in [-0.2, 0) is 6.54 Å². The second-order valence-electron chi connectivity index (χ2n) is 6.13. The molecule has 0 fully saturated rings. The highest BCUT2D eigenvalue weighted by atomic mass is 127. The van der Waals surface area contributed by atoms with Crippen molar-refractivity contribution in [2.75, 3.05) is 25.5 Å². The quantitative estimate of drug-likeness (QED) is 0.239. The van der Waals surface area contributed by atoms with Crippen LogP contribution in [0.25, 0.3) is 0 Å². The topological polar surface area (TPSA) is 61.3 Å². The molecule has 0 radical (unpaired) electrons. The smallest absolute Gasteiger partial charge is 0.191 e. The van der Waals surface area contributed by atoms with E-state index >= 15 is 0 Å². The van der Waals surface area contributed by atoms with Crippen molar-refractivity contribution < 1.29 is 0 Å². The van der Waals surface area contributed by atoms with Gasteiger partial charge in [0.05, 0.1) is 0 Å². The normalized spacial score (nSPS) is 10.8. The molecule has 0 saturated carbocycles. The zero-order valence-corrected chi connectivity index (χ0v) is 18.2. The number of benzene rings is 1. The number of anilines is 1. The van der Waals surface area contributed by atoms with Crippen molar-refractivity contribution in [3.8, 4) is 0 Å². The van der Waals surface area contributed by atoms with Crippen LogP contribution in [0.5, 0.6) is 0 Å². The average Bonchev–Trinajstić information content (AvgIpc) is 2.62. The third kappa shape index (κ3) is 8.03. The van der Waals surface area contributed by atoms with Gasteiger partial charge in [-0.3, -0.25) is 4.99 Å². The molecule has 3 N–H and O–H groups in total. The lowest BCUT2D eigenvalue weighted by Crippen LogP contribution is -2.37. The fraction of sp³-hybridized carbons (Fsp3) is 0.400. The van der Waals surface area contributed by atoms with Crippen LogP contribution in [0.3, 0.4) is 0 Å². The van der Waals surface area contributed by atoms with Crippen LogP contribution >= 0.6 is 24.0 Å². The lowest BCUT2D eigenvalue weighted by atomic mass is 10.1. The third-order valence-electron chi connectivity index (χ3n) is 4.03. The van der Waals surface area contributed by atoms with Crippen molar-refractivity contribution in [2.45, 2.75) is 33.2 Å². The molecule has 2 rings (SSSR count). The Labute approximate surface area is 174 Å². The van der Waals surface area contributed by atoms with Gasteiger partial charge < -0.3 is 16.0 Å². The van der Waals surface area contributed by atoms with E-state index in [0.717, 1.165) is 44.3 Å². The minimum Gasteiger partial charge on any atom is -0.370 e. The van der Waals surface area contributed by atoms with Gasteiger partial charge in [-0.25, -0.2) is 4.98 Å². The van der Waals surface area contributed by atoms with Gasteiger partial charge in [-0.05, 0) is 49.9 Å². The van der Waals surface area contributed by atoms with Crippen LogP contribution in [0.2, 0.25) is 0 Å². The Morgan fingerprint density at radius 1 is 1.04 bits per heavy atom. The van der Waals surface area contributed by atoms with Crippen molar-refractivity contribution in [1.29, 1.82) is 0 Å². The fourth-order valence-electron chi connectivity index (χ4n) is 2.58. The first-order valence-corrected chi connectivity index (χ1v) is 8.84.